The zero-order chi connectivity index (χ0) is 15.1. The van der Waals surface area contributed by atoms with E-state index in [0.29, 0.717) is 10.3 Å². The number of methoxy groups -OCH3 is 1. The van der Waals surface area contributed by atoms with Crippen LogP contribution in [0.1, 0.15) is 11.1 Å². The number of H-pyrrole nitrogens is 1. The number of aromatic amines is 1. The molecule has 0 bridgehead atoms. The number of hydrogen-bond acceptors (Lipinski definition) is 2. The van der Waals surface area contributed by atoms with Gasteiger partial charge in [0.05, 0.1) is 18.1 Å². The van der Waals surface area contributed by atoms with Gasteiger partial charge in [0.15, 0.2) is 16.3 Å². The van der Waals surface area contributed by atoms with E-state index in [2.05, 4.69) is 11.1 Å². The Hall–Kier alpha value is -2.14. The summed E-state index contributed by atoms with van der Waals surface area (Å²) in [5.74, 6) is -0.205. The average Bonchev–Trinajstić information content (AvgIpc) is 2.71. The van der Waals surface area contributed by atoms with Crippen molar-refractivity contribution in [2.45, 2.75) is 13.8 Å². The van der Waals surface area contributed by atoms with Crippen LogP contribution in [0.3, 0.4) is 0 Å². The van der Waals surface area contributed by atoms with E-state index in [9.17, 15) is 4.39 Å². The Labute approximate surface area is 127 Å². The lowest BCUT2D eigenvalue weighted by Crippen LogP contribution is -1.96. The number of nitrogens with one attached hydrogen (secondary N) is 1. The van der Waals surface area contributed by atoms with Crippen LogP contribution in [-0.4, -0.2) is 16.7 Å². The molecule has 0 aliphatic rings. The standard InChI is InChI=1S/C16H15FN2OS/c1-9-4-10(2)6-11(5-9)19-14-8-15(20-3)12(17)7-13(14)18-16(19)21/h4-8H,1-3H3,(H,18,21). The Kier molecular flexibility index (Phi) is 3.29. The summed E-state index contributed by atoms with van der Waals surface area (Å²) >= 11 is 5.39. The van der Waals surface area contributed by atoms with Crippen molar-refractivity contribution in [3.8, 4) is 11.4 Å². The maximum Gasteiger partial charge on any atom is 0.182 e. The van der Waals surface area contributed by atoms with Crippen molar-refractivity contribution in [3.63, 3.8) is 0 Å². The molecule has 0 saturated carbocycles. The van der Waals surface area contributed by atoms with Crippen molar-refractivity contribution in [3.05, 3.63) is 52.0 Å². The highest BCUT2D eigenvalue weighted by molar-refractivity contribution is 7.71. The van der Waals surface area contributed by atoms with E-state index in [1.165, 1.54) is 13.2 Å². The predicted octanol–water partition coefficient (Wildman–Crippen LogP) is 4.45. The molecule has 1 aromatic heterocycles. The number of halogens is 1. The van der Waals surface area contributed by atoms with Gasteiger partial charge in [-0.25, -0.2) is 4.39 Å². The molecule has 0 fully saturated rings. The van der Waals surface area contributed by atoms with Crippen molar-refractivity contribution in [2.24, 2.45) is 0 Å². The highest BCUT2D eigenvalue weighted by Gasteiger charge is 2.12. The van der Waals surface area contributed by atoms with Gasteiger partial charge in [-0.15, -0.1) is 0 Å². The summed E-state index contributed by atoms with van der Waals surface area (Å²) in [4.78, 5) is 3.04. The van der Waals surface area contributed by atoms with Crippen LogP contribution in [0.25, 0.3) is 16.7 Å². The van der Waals surface area contributed by atoms with Crippen LogP contribution in [0.4, 0.5) is 4.39 Å². The van der Waals surface area contributed by atoms with Crippen LogP contribution in [0.5, 0.6) is 5.75 Å². The van der Waals surface area contributed by atoms with Crippen molar-refractivity contribution >= 4 is 23.3 Å². The van der Waals surface area contributed by atoms with Crippen molar-refractivity contribution < 1.29 is 9.13 Å². The maximum atomic E-state index is 13.8. The molecule has 0 unspecified atom stereocenters. The van der Waals surface area contributed by atoms with E-state index in [4.69, 9.17) is 17.0 Å². The molecular formula is C16H15FN2OS. The van der Waals surface area contributed by atoms with Gasteiger partial charge in [0.1, 0.15) is 0 Å². The number of nitrogens with zero attached hydrogens (tertiary/aromatic N) is 1. The number of fused-ring (bicyclic) bond motifs is 1. The molecule has 1 heterocycles. The summed E-state index contributed by atoms with van der Waals surface area (Å²) in [7, 11) is 1.45. The van der Waals surface area contributed by atoms with Crippen molar-refractivity contribution in [1.29, 1.82) is 0 Å². The van der Waals surface area contributed by atoms with Gasteiger partial charge in [-0.05, 0) is 49.3 Å². The predicted molar refractivity (Wildman–Crippen MR) is 84.4 cm³/mol. The molecule has 0 saturated heterocycles. The average molecular weight is 302 g/mol. The smallest absolute Gasteiger partial charge is 0.182 e. The van der Waals surface area contributed by atoms with Crippen LogP contribution in [-0.2, 0) is 0 Å². The molecule has 0 aliphatic heterocycles. The third-order valence-electron chi connectivity index (χ3n) is 3.42. The lowest BCUT2D eigenvalue weighted by molar-refractivity contribution is 0.387. The van der Waals surface area contributed by atoms with E-state index in [0.717, 1.165) is 22.3 Å². The first kappa shape index (κ1) is 13.8. The van der Waals surface area contributed by atoms with Crippen LogP contribution < -0.4 is 4.74 Å². The van der Waals surface area contributed by atoms with Gasteiger partial charge in [0, 0.05) is 17.8 Å². The van der Waals surface area contributed by atoms with Gasteiger partial charge in [0.25, 0.3) is 0 Å². The topological polar surface area (TPSA) is 29.9 Å². The summed E-state index contributed by atoms with van der Waals surface area (Å²) in [5.41, 5.74) is 4.70. The van der Waals surface area contributed by atoms with Crippen LogP contribution in [0.2, 0.25) is 0 Å². The quantitative estimate of drug-likeness (QED) is 0.709. The highest BCUT2D eigenvalue weighted by Crippen LogP contribution is 2.27. The van der Waals surface area contributed by atoms with E-state index in [-0.39, 0.29) is 5.75 Å². The van der Waals surface area contributed by atoms with E-state index in [1.807, 2.05) is 30.5 Å². The number of hydrogen-bond donors (Lipinski definition) is 1. The zero-order valence-corrected chi connectivity index (χ0v) is 12.8. The number of imidazole rings is 1. The molecular weight excluding hydrogens is 287 g/mol. The molecule has 0 amide bonds. The molecule has 108 valence electrons. The van der Waals surface area contributed by atoms with Gasteiger partial charge in [-0.3, -0.25) is 4.57 Å². The fourth-order valence-corrected chi connectivity index (χ4v) is 2.91. The molecule has 21 heavy (non-hydrogen) atoms. The summed E-state index contributed by atoms with van der Waals surface area (Å²) in [6, 6.07) is 9.26. The van der Waals surface area contributed by atoms with Crippen LogP contribution in [0.15, 0.2) is 30.3 Å². The zero-order valence-electron chi connectivity index (χ0n) is 12.0. The van der Waals surface area contributed by atoms with Gasteiger partial charge in [0.2, 0.25) is 0 Å². The summed E-state index contributed by atoms with van der Waals surface area (Å²) < 4.78 is 21.3. The summed E-state index contributed by atoms with van der Waals surface area (Å²) in [5, 5.41) is 0. The van der Waals surface area contributed by atoms with Gasteiger partial charge < -0.3 is 9.72 Å². The molecule has 3 aromatic rings. The minimum atomic E-state index is -0.408. The molecule has 2 aromatic carbocycles. The molecule has 5 heteroatoms. The first-order valence-electron chi connectivity index (χ1n) is 6.56. The van der Waals surface area contributed by atoms with Crippen molar-refractivity contribution in [1.82, 2.24) is 9.55 Å². The fourth-order valence-electron chi connectivity index (χ4n) is 2.60. The minimum Gasteiger partial charge on any atom is -0.494 e. The lowest BCUT2D eigenvalue weighted by Gasteiger charge is -2.08. The maximum absolute atomic E-state index is 13.8. The molecule has 0 radical (unpaired) electrons. The second-order valence-electron chi connectivity index (χ2n) is 5.12. The number of ether oxygens (including phenoxy) is 1. The summed E-state index contributed by atoms with van der Waals surface area (Å²) in [6.45, 7) is 4.07. The van der Waals surface area contributed by atoms with Gasteiger partial charge in [-0.1, -0.05) is 6.07 Å². The number of benzene rings is 2. The van der Waals surface area contributed by atoms with Crippen molar-refractivity contribution in [2.75, 3.05) is 7.11 Å². The van der Waals surface area contributed by atoms with Gasteiger partial charge >= 0.3 is 0 Å². The number of rotatable bonds is 2. The Bertz CT molecular complexity index is 875. The van der Waals surface area contributed by atoms with E-state index >= 15 is 0 Å². The molecule has 0 aliphatic carbocycles. The second-order valence-corrected chi connectivity index (χ2v) is 5.50. The fraction of sp³-hybridized carbons (Fsp3) is 0.188. The molecule has 3 rings (SSSR count). The Morgan fingerprint density at radius 3 is 2.38 bits per heavy atom. The normalized spacial score (nSPS) is 11.0. The Morgan fingerprint density at radius 1 is 1.10 bits per heavy atom. The molecule has 0 spiro atoms. The van der Waals surface area contributed by atoms with E-state index < -0.39 is 5.82 Å². The first-order valence-corrected chi connectivity index (χ1v) is 6.97. The van der Waals surface area contributed by atoms with E-state index in [1.54, 1.807) is 6.07 Å². The minimum absolute atomic E-state index is 0.203. The van der Waals surface area contributed by atoms with Crippen LogP contribution >= 0.6 is 12.2 Å². The monoisotopic (exact) mass is 302 g/mol. The summed E-state index contributed by atoms with van der Waals surface area (Å²) in [6.07, 6.45) is 0. The number of aromatic nitrogens is 2. The highest BCUT2D eigenvalue weighted by atomic mass is 32.1. The molecule has 3 nitrogen and oxygen atoms in total. The molecule has 1 N–H and O–H groups in total. The first-order chi connectivity index (χ1) is 9.99. The lowest BCUT2D eigenvalue weighted by atomic mass is 10.1. The second kappa shape index (κ2) is 5.00. The third kappa shape index (κ3) is 2.34. The number of aryl methyl sites for hydroxylation is 2. The molecule has 0 atom stereocenters. The third-order valence-corrected chi connectivity index (χ3v) is 3.71. The van der Waals surface area contributed by atoms with Crippen LogP contribution in [0, 0.1) is 24.4 Å². The SMILES string of the molecule is COc1cc2c(cc1F)[nH]c(=S)n2-c1cc(C)cc(C)c1. The Morgan fingerprint density at radius 2 is 1.76 bits per heavy atom. The largest absolute Gasteiger partial charge is 0.494 e. The van der Waals surface area contributed by atoms with Gasteiger partial charge in [-0.2, -0.15) is 0 Å². The Balaban J connectivity index is 2.36.